The summed E-state index contributed by atoms with van der Waals surface area (Å²) in [6, 6.07) is 5.63. The van der Waals surface area contributed by atoms with Gasteiger partial charge < -0.3 is 10.2 Å². The minimum absolute atomic E-state index is 0.0901. The first-order valence-corrected chi connectivity index (χ1v) is 7.59. The largest absolute Gasteiger partial charge is 0.349 e. The topological polar surface area (TPSA) is 32.3 Å². The highest BCUT2D eigenvalue weighted by Gasteiger charge is 2.26. The fraction of sp³-hybridized carbons (Fsp3) is 0.500. The van der Waals surface area contributed by atoms with Gasteiger partial charge in [-0.2, -0.15) is 0 Å². The van der Waals surface area contributed by atoms with Crippen LogP contribution < -0.4 is 5.32 Å². The zero-order valence-corrected chi connectivity index (χ0v) is 13.5. The molecular weight excluding hydrogens is 328 g/mol. The van der Waals surface area contributed by atoms with Crippen molar-refractivity contribution >= 4 is 33.4 Å². The number of carbonyl (C=O) groups excluding carboxylic acids is 1. The zero-order chi connectivity index (χ0) is 14.0. The van der Waals surface area contributed by atoms with Crippen molar-refractivity contribution in [3.63, 3.8) is 0 Å². The number of halogens is 2. The van der Waals surface area contributed by atoms with Crippen LogP contribution in [0.4, 0.5) is 0 Å². The average molecular weight is 346 g/mol. The number of nitrogens with one attached hydrogen (secondary N) is 1. The molecule has 1 amide bonds. The minimum atomic E-state index is -0.0901. The second-order valence-corrected chi connectivity index (χ2v) is 6.44. The lowest BCUT2D eigenvalue weighted by Gasteiger charge is -2.35. The monoisotopic (exact) mass is 344 g/mol. The quantitative estimate of drug-likeness (QED) is 0.893. The van der Waals surface area contributed by atoms with Crippen molar-refractivity contribution in [1.29, 1.82) is 0 Å². The molecule has 2 rings (SSSR count). The highest BCUT2D eigenvalue weighted by molar-refractivity contribution is 9.10. The number of piperidine rings is 1. The number of hydrogen-bond acceptors (Lipinski definition) is 2. The maximum Gasteiger partial charge on any atom is 0.253 e. The fourth-order valence-corrected chi connectivity index (χ4v) is 3.07. The van der Waals surface area contributed by atoms with Crippen molar-refractivity contribution in [2.75, 3.05) is 20.1 Å². The van der Waals surface area contributed by atoms with E-state index in [0.717, 1.165) is 24.0 Å². The Bertz CT molecular complexity index is 481. The van der Waals surface area contributed by atoms with Gasteiger partial charge in [0.05, 0.1) is 10.6 Å². The van der Waals surface area contributed by atoms with Crippen molar-refractivity contribution in [1.82, 2.24) is 10.2 Å². The molecule has 0 aliphatic carbocycles. The summed E-state index contributed by atoms with van der Waals surface area (Å²) >= 11 is 9.49. The Morgan fingerprint density at radius 3 is 2.95 bits per heavy atom. The van der Waals surface area contributed by atoms with Crippen LogP contribution in [0.2, 0.25) is 5.02 Å². The van der Waals surface area contributed by atoms with Crippen LogP contribution in [-0.4, -0.2) is 37.0 Å². The second kappa shape index (κ2) is 6.25. The van der Waals surface area contributed by atoms with Gasteiger partial charge in [0.15, 0.2) is 0 Å². The van der Waals surface area contributed by atoms with Crippen LogP contribution >= 0.6 is 27.5 Å². The van der Waals surface area contributed by atoms with Gasteiger partial charge in [0.25, 0.3) is 5.91 Å². The first kappa shape index (κ1) is 14.8. The van der Waals surface area contributed by atoms with Gasteiger partial charge in [-0.25, -0.2) is 0 Å². The third-order valence-corrected chi connectivity index (χ3v) is 4.92. The first-order valence-electron chi connectivity index (χ1n) is 6.42. The molecule has 0 bridgehead atoms. The van der Waals surface area contributed by atoms with Crippen LogP contribution in [-0.2, 0) is 0 Å². The molecule has 1 heterocycles. The fourth-order valence-electron chi connectivity index (χ4n) is 2.49. The van der Waals surface area contributed by atoms with E-state index in [9.17, 15) is 4.79 Å². The number of nitrogens with zero attached hydrogens (tertiary/aromatic N) is 1. The van der Waals surface area contributed by atoms with Crippen LogP contribution in [0.1, 0.15) is 23.7 Å². The normalized spacial score (nSPS) is 24.2. The summed E-state index contributed by atoms with van der Waals surface area (Å²) in [5.74, 6) is 0.362. The number of carbonyl (C=O) groups is 1. The third kappa shape index (κ3) is 3.50. The van der Waals surface area contributed by atoms with Gasteiger partial charge in [-0.1, -0.05) is 24.6 Å². The third-order valence-electron chi connectivity index (χ3n) is 3.62. The smallest absolute Gasteiger partial charge is 0.253 e. The minimum Gasteiger partial charge on any atom is -0.349 e. The Balaban J connectivity index is 2.07. The second-order valence-electron chi connectivity index (χ2n) is 5.21. The van der Waals surface area contributed by atoms with Gasteiger partial charge >= 0.3 is 0 Å². The Morgan fingerprint density at radius 1 is 1.53 bits per heavy atom. The van der Waals surface area contributed by atoms with E-state index in [1.165, 1.54) is 0 Å². The lowest BCUT2D eigenvalue weighted by molar-refractivity contribution is 0.0884. The number of benzene rings is 1. The Kier molecular flexibility index (Phi) is 4.87. The van der Waals surface area contributed by atoms with Crippen molar-refractivity contribution in [2.45, 2.75) is 19.4 Å². The summed E-state index contributed by atoms with van der Waals surface area (Å²) in [6.45, 7) is 4.20. The Labute approximate surface area is 127 Å². The molecule has 2 atom stereocenters. The van der Waals surface area contributed by atoms with Gasteiger partial charge in [0.1, 0.15) is 0 Å². The molecule has 1 aromatic rings. The standard InChI is InChI=1S/C14H18BrClN2O/c1-9-8-18(2)7-6-12(9)17-14(19)10-4-3-5-11(15)13(10)16/h3-5,9,12H,6-8H2,1-2H3,(H,17,19). The highest BCUT2D eigenvalue weighted by Crippen LogP contribution is 2.26. The summed E-state index contributed by atoms with van der Waals surface area (Å²) in [7, 11) is 2.11. The highest BCUT2D eigenvalue weighted by atomic mass is 79.9. The summed E-state index contributed by atoms with van der Waals surface area (Å²) in [6.07, 6.45) is 0.981. The summed E-state index contributed by atoms with van der Waals surface area (Å²) < 4.78 is 0.748. The van der Waals surface area contributed by atoms with Crippen molar-refractivity contribution < 1.29 is 4.79 Å². The first-order chi connectivity index (χ1) is 8.99. The van der Waals surface area contributed by atoms with E-state index < -0.39 is 0 Å². The van der Waals surface area contributed by atoms with E-state index in [4.69, 9.17) is 11.6 Å². The molecule has 2 unspecified atom stereocenters. The SMILES string of the molecule is CC1CN(C)CCC1NC(=O)c1cccc(Br)c1Cl. The maximum absolute atomic E-state index is 12.3. The summed E-state index contributed by atoms with van der Waals surface area (Å²) in [5, 5.41) is 3.58. The van der Waals surface area contributed by atoms with E-state index in [1.54, 1.807) is 6.07 Å². The van der Waals surface area contributed by atoms with Gasteiger partial charge in [-0.3, -0.25) is 4.79 Å². The predicted octanol–water partition coefficient (Wildman–Crippen LogP) is 3.17. The van der Waals surface area contributed by atoms with Gasteiger partial charge in [-0.05, 0) is 54.0 Å². The van der Waals surface area contributed by atoms with Crippen LogP contribution in [0.25, 0.3) is 0 Å². The lowest BCUT2D eigenvalue weighted by atomic mass is 9.94. The maximum atomic E-state index is 12.3. The number of hydrogen-bond donors (Lipinski definition) is 1. The molecule has 1 N–H and O–H groups in total. The molecule has 0 aromatic heterocycles. The Morgan fingerprint density at radius 2 is 2.26 bits per heavy atom. The van der Waals surface area contributed by atoms with Gasteiger partial charge in [-0.15, -0.1) is 0 Å². The molecule has 0 spiro atoms. The number of amides is 1. The summed E-state index contributed by atoms with van der Waals surface area (Å²) in [4.78, 5) is 14.6. The molecule has 1 fully saturated rings. The molecule has 1 aliphatic heterocycles. The van der Waals surface area contributed by atoms with Crippen LogP contribution in [0, 0.1) is 5.92 Å². The molecule has 3 nitrogen and oxygen atoms in total. The van der Waals surface area contributed by atoms with Crippen LogP contribution in [0.3, 0.4) is 0 Å². The van der Waals surface area contributed by atoms with Crippen molar-refractivity contribution in [2.24, 2.45) is 5.92 Å². The zero-order valence-electron chi connectivity index (χ0n) is 11.1. The van der Waals surface area contributed by atoms with E-state index in [0.29, 0.717) is 16.5 Å². The van der Waals surface area contributed by atoms with E-state index in [1.807, 2.05) is 12.1 Å². The molecule has 0 radical (unpaired) electrons. The van der Waals surface area contributed by atoms with E-state index in [2.05, 4.69) is 40.1 Å². The molecule has 0 saturated carbocycles. The van der Waals surface area contributed by atoms with E-state index in [-0.39, 0.29) is 11.9 Å². The molecule has 5 heteroatoms. The summed E-state index contributed by atoms with van der Waals surface area (Å²) in [5.41, 5.74) is 0.530. The number of likely N-dealkylation sites (tertiary alicyclic amines) is 1. The molecule has 1 aromatic carbocycles. The Hall–Kier alpha value is -0.580. The average Bonchev–Trinajstić information content (AvgIpc) is 2.36. The molecular formula is C14H18BrClN2O. The molecule has 1 aliphatic rings. The van der Waals surface area contributed by atoms with Crippen molar-refractivity contribution in [3.8, 4) is 0 Å². The van der Waals surface area contributed by atoms with Crippen molar-refractivity contribution in [3.05, 3.63) is 33.3 Å². The lowest BCUT2D eigenvalue weighted by Crippen LogP contribution is -2.48. The van der Waals surface area contributed by atoms with Gasteiger partial charge in [0.2, 0.25) is 0 Å². The van der Waals surface area contributed by atoms with Crippen LogP contribution in [0.15, 0.2) is 22.7 Å². The van der Waals surface area contributed by atoms with Gasteiger partial charge in [0, 0.05) is 17.1 Å². The predicted molar refractivity (Wildman–Crippen MR) is 81.7 cm³/mol. The molecule has 19 heavy (non-hydrogen) atoms. The molecule has 104 valence electrons. The van der Waals surface area contributed by atoms with E-state index >= 15 is 0 Å². The number of rotatable bonds is 2. The van der Waals surface area contributed by atoms with Crippen LogP contribution in [0.5, 0.6) is 0 Å². The molecule has 1 saturated heterocycles.